The van der Waals surface area contributed by atoms with Gasteiger partial charge in [-0.2, -0.15) is 0 Å². The maximum atomic E-state index is 12.4. The molecule has 0 spiro atoms. The number of hydrogen-bond donors (Lipinski definition) is 0. The van der Waals surface area contributed by atoms with E-state index in [1.165, 1.54) is 5.69 Å². The van der Waals surface area contributed by atoms with Crippen LogP contribution in [0.4, 0.5) is 5.69 Å². The molecule has 0 N–H and O–H groups in total. The highest BCUT2D eigenvalue weighted by atomic mass is 16.1. The predicted molar refractivity (Wildman–Crippen MR) is 84.3 cm³/mol. The minimum Gasteiger partial charge on any atom is -0.371 e. The average molecular weight is 267 g/mol. The highest BCUT2D eigenvalue weighted by Gasteiger charge is 2.17. The van der Waals surface area contributed by atoms with Crippen molar-refractivity contribution in [3.63, 3.8) is 0 Å². The molecule has 1 atom stereocenters. The number of carbonyl (C=O) groups excluding carboxylic acids is 1. The summed E-state index contributed by atoms with van der Waals surface area (Å²) in [4.78, 5) is 14.6. The third-order valence-corrected chi connectivity index (χ3v) is 3.50. The lowest BCUT2D eigenvalue weighted by Gasteiger charge is -2.26. The van der Waals surface area contributed by atoms with E-state index in [0.717, 1.165) is 18.7 Å². The van der Waals surface area contributed by atoms with E-state index in [1.807, 2.05) is 55.5 Å². The van der Waals surface area contributed by atoms with E-state index in [1.54, 1.807) is 0 Å². The molecule has 20 heavy (non-hydrogen) atoms. The standard InChI is InChI=1S/C18H21NO/c1-3-19(17-12-8-5-9-13-17)14-15(2)18(20)16-10-6-4-7-11-16/h4-13,15H,3,14H2,1-2H3. The fourth-order valence-electron chi connectivity index (χ4n) is 2.36. The van der Waals surface area contributed by atoms with Crippen LogP contribution in [0.1, 0.15) is 24.2 Å². The summed E-state index contributed by atoms with van der Waals surface area (Å²) in [5, 5.41) is 0. The van der Waals surface area contributed by atoms with Crippen LogP contribution in [0.15, 0.2) is 60.7 Å². The van der Waals surface area contributed by atoms with Crippen LogP contribution in [0, 0.1) is 5.92 Å². The molecule has 0 amide bonds. The van der Waals surface area contributed by atoms with Crippen molar-refractivity contribution in [3.8, 4) is 0 Å². The summed E-state index contributed by atoms with van der Waals surface area (Å²) < 4.78 is 0. The molecule has 0 aliphatic rings. The summed E-state index contributed by atoms with van der Waals surface area (Å²) in [6.45, 7) is 5.76. The van der Waals surface area contributed by atoms with Crippen LogP contribution < -0.4 is 4.90 Å². The number of ketones is 1. The fraction of sp³-hybridized carbons (Fsp3) is 0.278. The minimum atomic E-state index is -0.0162. The molecule has 0 aliphatic carbocycles. The molecule has 0 bridgehead atoms. The highest BCUT2D eigenvalue weighted by Crippen LogP contribution is 2.17. The van der Waals surface area contributed by atoms with Gasteiger partial charge in [0, 0.05) is 30.3 Å². The maximum absolute atomic E-state index is 12.4. The number of nitrogens with zero attached hydrogens (tertiary/aromatic N) is 1. The number of hydrogen-bond acceptors (Lipinski definition) is 2. The third-order valence-electron chi connectivity index (χ3n) is 3.50. The number of rotatable bonds is 6. The van der Waals surface area contributed by atoms with Crippen LogP contribution in [0.5, 0.6) is 0 Å². The van der Waals surface area contributed by atoms with Gasteiger partial charge in [0.25, 0.3) is 0 Å². The zero-order valence-electron chi connectivity index (χ0n) is 12.1. The van der Waals surface area contributed by atoms with Crippen LogP contribution >= 0.6 is 0 Å². The SMILES string of the molecule is CCN(CC(C)C(=O)c1ccccc1)c1ccccc1. The van der Waals surface area contributed by atoms with E-state index in [-0.39, 0.29) is 11.7 Å². The lowest BCUT2D eigenvalue weighted by atomic mass is 9.98. The van der Waals surface area contributed by atoms with Gasteiger partial charge in [-0.15, -0.1) is 0 Å². The number of Topliss-reactive ketones (excluding diaryl/α,β-unsaturated/α-hetero) is 1. The van der Waals surface area contributed by atoms with Crippen molar-refractivity contribution in [1.82, 2.24) is 0 Å². The highest BCUT2D eigenvalue weighted by molar-refractivity contribution is 5.97. The topological polar surface area (TPSA) is 20.3 Å². The molecule has 0 aliphatic heterocycles. The first-order valence-electron chi connectivity index (χ1n) is 7.11. The van der Waals surface area contributed by atoms with Crippen LogP contribution in [-0.4, -0.2) is 18.9 Å². The molecule has 2 aromatic carbocycles. The zero-order chi connectivity index (χ0) is 14.4. The van der Waals surface area contributed by atoms with Crippen molar-refractivity contribution in [2.45, 2.75) is 13.8 Å². The van der Waals surface area contributed by atoms with Gasteiger partial charge < -0.3 is 4.90 Å². The van der Waals surface area contributed by atoms with Crippen LogP contribution in [0.25, 0.3) is 0 Å². The largest absolute Gasteiger partial charge is 0.371 e. The molecule has 0 saturated carbocycles. The normalized spacial score (nSPS) is 11.9. The lowest BCUT2D eigenvalue weighted by molar-refractivity contribution is 0.0933. The molecule has 0 aromatic heterocycles. The quantitative estimate of drug-likeness (QED) is 0.736. The van der Waals surface area contributed by atoms with E-state index in [0.29, 0.717) is 0 Å². The first kappa shape index (κ1) is 14.3. The monoisotopic (exact) mass is 267 g/mol. The van der Waals surface area contributed by atoms with E-state index in [9.17, 15) is 4.79 Å². The number of anilines is 1. The van der Waals surface area contributed by atoms with Gasteiger partial charge in [-0.3, -0.25) is 4.79 Å². The van der Waals surface area contributed by atoms with Crippen molar-refractivity contribution in [2.24, 2.45) is 5.92 Å². The van der Waals surface area contributed by atoms with Crippen molar-refractivity contribution < 1.29 is 4.79 Å². The van der Waals surface area contributed by atoms with Gasteiger partial charge >= 0.3 is 0 Å². The third kappa shape index (κ3) is 3.47. The summed E-state index contributed by atoms with van der Waals surface area (Å²) in [5.41, 5.74) is 1.96. The molecular formula is C18H21NO. The number of para-hydroxylation sites is 1. The van der Waals surface area contributed by atoms with Gasteiger partial charge in [0.1, 0.15) is 0 Å². The molecule has 2 rings (SSSR count). The average Bonchev–Trinajstić information content (AvgIpc) is 2.53. The number of carbonyl (C=O) groups is 1. The Hall–Kier alpha value is -2.09. The molecule has 104 valence electrons. The number of benzene rings is 2. The molecule has 0 heterocycles. The lowest BCUT2D eigenvalue weighted by Crippen LogP contribution is -2.31. The van der Waals surface area contributed by atoms with Crippen molar-refractivity contribution >= 4 is 11.5 Å². The summed E-state index contributed by atoms with van der Waals surface area (Å²) in [6, 6.07) is 19.8. The predicted octanol–water partition coefficient (Wildman–Crippen LogP) is 4.03. The van der Waals surface area contributed by atoms with Gasteiger partial charge in [-0.05, 0) is 19.1 Å². The van der Waals surface area contributed by atoms with Gasteiger partial charge in [0.05, 0.1) is 0 Å². The first-order valence-corrected chi connectivity index (χ1v) is 7.11. The van der Waals surface area contributed by atoms with Crippen LogP contribution in [0.2, 0.25) is 0 Å². The van der Waals surface area contributed by atoms with E-state index in [2.05, 4.69) is 24.0 Å². The summed E-state index contributed by atoms with van der Waals surface area (Å²) >= 11 is 0. The summed E-state index contributed by atoms with van der Waals surface area (Å²) in [6.07, 6.45) is 0. The molecule has 0 radical (unpaired) electrons. The molecule has 2 aromatic rings. The maximum Gasteiger partial charge on any atom is 0.167 e. The zero-order valence-corrected chi connectivity index (χ0v) is 12.1. The van der Waals surface area contributed by atoms with Crippen LogP contribution in [-0.2, 0) is 0 Å². The Morgan fingerprint density at radius 3 is 2.10 bits per heavy atom. The fourth-order valence-corrected chi connectivity index (χ4v) is 2.36. The van der Waals surface area contributed by atoms with E-state index < -0.39 is 0 Å². The Morgan fingerprint density at radius 1 is 1.00 bits per heavy atom. The Morgan fingerprint density at radius 2 is 1.55 bits per heavy atom. The van der Waals surface area contributed by atoms with Crippen molar-refractivity contribution in [1.29, 1.82) is 0 Å². The van der Waals surface area contributed by atoms with Crippen molar-refractivity contribution in [3.05, 3.63) is 66.2 Å². The molecule has 0 fully saturated rings. The van der Waals surface area contributed by atoms with Crippen LogP contribution in [0.3, 0.4) is 0 Å². The second-order valence-electron chi connectivity index (χ2n) is 5.01. The Labute approximate surface area is 121 Å². The van der Waals surface area contributed by atoms with Gasteiger partial charge in [0.2, 0.25) is 0 Å². The molecular weight excluding hydrogens is 246 g/mol. The summed E-state index contributed by atoms with van der Waals surface area (Å²) in [7, 11) is 0. The Kier molecular flexibility index (Phi) is 4.94. The first-order chi connectivity index (χ1) is 9.72. The second kappa shape index (κ2) is 6.90. The molecule has 1 unspecified atom stereocenters. The summed E-state index contributed by atoms with van der Waals surface area (Å²) in [5.74, 6) is 0.192. The van der Waals surface area contributed by atoms with Gasteiger partial charge in [0.15, 0.2) is 5.78 Å². The van der Waals surface area contributed by atoms with Gasteiger partial charge in [-0.25, -0.2) is 0 Å². The second-order valence-corrected chi connectivity index (χ2v) is 5.01. The molecule has 2 nitrogen and oxygen atoms in total. The van der Waals surface area contributed by atoms with E-state index in [4.69, 9.17) is 0 Å². The molecule has 2 heteroatoms. The Bertz CT molecular complexity index is 536. The van der Waals surface area contributed by atoms with Gasteiger partial charge in [-0.1, -0.05) is 55.5 Å². The van der Waals surface area contributed by atoms with Crippen molar-refractivity contribution in [2.75, 3.05) is 18.0 Å². The Balaban J connectivity index is 2.06. The minimum absolute atomic E-state index is 0.0162. The molecule has 0 saturated heterocycles. The van der Waals surface area contributed by atoms with E-state index >= 15 is 0 Å². The smallest absolute Gasteiger partial charge is 0.167 e.